The zero-order chi connectivity index (χ0) is 23.5. The molecule has 4 nitrogen and oxygen atoms in total. The van der Waals surface area contributed by atoms with Gasteiger partial charge in [0.25, 0.3) is 5.91 Å². The van der Waals surface area contributed by atoms with Crippen molar-refractivity contribution >= 4 is 61.9 Å². The highest BCUT2D eigenvalue weighted by atomic mass is 79.9. The molecule has 1 aliphatic rings. The van der Waals surface area contributed by atoms with E-state index in [9.17, 15) is 9.18 Å². The van der Waals surface area contributed by atoms with Crippen molar-refractivity contribution in [1.82, 2.24) is 0 Å². The lowest BCUT2D eigenvalue weighted by atomic mass is 10.1. The predicted molar refractivity (Wildman–Crippen MR) is 138 cm³/mol. The van der Waals surface area contributed by atoms with Crippen LogP contribution in [0.15, 0.2) is 70.0 Å². The van der Waals surface area contributed by atoms with Crippen molar-refractivity contribution in [3.63, 3.8) is 0 Å². The van der Waals surface area contributed by atoms with Gasteiger partial charge in [-0.1, -0.05) is 48.2 Å². The zero-order valence-electron chi connectivity index (χ0n) is 17.8. The quantitative estimate of drug-likeness (QED) is 0.250. The molecule has 0 aliphatic carbocycles. The highest BCUT2D eigenvalue weighted by molar-refractivity contribution is 9.10. The van der Waals surface area contributed by atoms with Gasteiger partial charge < -0.3 is 9.47 Å². The molecule has 0 unspecified atom stereocenters. The first-order valence-electron chi connectivity index (χ1n) is 9.95. The maximum Gasteiger partial charge on any atom is 0.270 e. The van der Waals surface area contributed by atoms with E-state index in [-0.39, 0.29) is 18.3 Å². The molecule has 3 aromatic carbocycles. The molecule has 0 spiro atoms. The summed E-state index contributed by atoms with van der Waals surface area (Å²) < 4.78 is 26.0. The van der Waals surface area contributed by atoms with Crippen molar-refractivity contribution in [2.75, 3.05) is 12.0 Å². The van der Waals surface area contributed by atoms with Crippen molar-refractivity contribution in [3.05, 3.63) is 92.5 Å². The lowest BCUT2D eigenvalue weighted by molar-refractivity contribution is -0.113. The number of thiocarbonyl (C=S) groups is 1. The van der Waals surface area contributed by atoms with E-state index >= 15 is 0 Å². The number of halogens is 2. The Morgan fingerprint density at radius 2 is 1.94 bits per heavy atom. The van der Waals surface area contributed by atoms with Gasteiger partial charge in [0.2, 0.25) is 0 Å². The summed E-state index contributed by atoms with van der Waals surface area (Å²) in [4.78, 5) is 15.1. The minimum Gasteiger partial charge on any atom is -0.493 e. The largest absolute Gasteiger partial charge is 0.493 e. The van der Waals surface area contributed by atoms with Crippen LogP contribution in [0.1, 0.15) is 16.7 Å². The van der Waals surface area contributed by atoms with Crippen LogP contribution in [0.3, 0.4) is 0 Å². The Hall–Kier alpha value is -2.68. The standard InChI is InChI=1S/C25H19BrFNO3S2/c1-15-5-3-8-19(9-15)28-24(29)22(33-25(28)32)13-17-11-20(26)23(21(12-17)30-2)31-14-16-6-4-7-18(27)10-16/h3-13H,14H2,1-2H3/b22-13-. The summed E-state index contributed by atoms with van der Waals surface area (Å²) in [7, 11) is 1.54. The summed E-state index contributed by atoms with van der Waals surface area (Å²) in [6, 6.07) is 17.5. The Morgan fingerprint density at radius 1 is 1.15 bits per heavy atom. The molecule has 8 heteroatoms. The van der Waals surface area contributed by atoms with Gasteiger partial charge in [-0.3, -0.25) is 9.69 Å². The number of thioether (sulfide) groups is 1. The number of benzene rings is 3. The summed E-state index contributed by atoms with van der Waals surface area (Å²) in [5.41, 5.74) is 3.25. The van der Waals surface area contributed by atoms with Gasteiger partial charge in [0.05, 0.1) is 22.2 Å². The molecule has 168 valence electrons. The molecule has 1 aliphatic heterocycles. The fourth-order valence-electron chi connectivity index (χ4n) is 3.35. The fraction of sp³-hybridized carbons (Fsp3) is 0.120. The second-order valence-electron chi connectivity index (χ2n) is 7.31. The van der Waals surface area contributed by atoms with Crippen LogP contribution in [0.2, 0.25) is 0 Å². The van der Waals surface area contributed by atoms with E-state index < -0.39 is 0 Å². The highest BCUT2D eigenvalue weighted by Crippen LogP contribution is 2.40. The number of carbonyl (C=O) groups excluding carboxylic acids is 1. The molecule has 0 bridgehead atoms. The SMILES string of the molecule is COc1cc(/C=C2\SC(=S)N(c3cccc(C)c3)C2=O)cc(Br)c1OCc1cccc(F)c1. The fourth-order valence-corrected chi connectivity index (χ4v) is 5.23. The van der Waals surface area contributed by atoms with E-state index in [0.29, 0.717) is 30.8 Å². The molecular weight excluding hydrogens is 525 g/mol. The average molecular weight is 544 g/mol. The Bertz CT molecular complexity index is 1280. The Morgan fingerprint density at radius 3 is 2.67 bits per heavy atom. The Labute approximate surface area is 209 Å². The smallest absolute Gasteiger partial charge is 0.270 e. The normalized spacial score (nSPS) is 14.8. The van der Waals surface area contributed by atoms with Crippen LogP contribution in [0.4, 0.5) is 10.1 Å². The summed E-state index contributed by atoms with van der Waals surface area (Å²) in [5.74, 6) is 0.491. The number of anilines is 1. The van der Waals surface area contributed by atoms with Crippen LogP contribution in [-0.4, -0.2) is 17.3 Å². The molecule has 0 saturated carbocycles. The van der Waals surface area contributed by atoms with Gasteiger partial charge in [-0.15, -0.1) is 0 Å². The number of methoxy groups -OCH3 is 1. The third-order valence-corrected chi connectivity index (χ3v) is 6.77. The zero-order valence-corrected chi connectivity index (χ0v) is 21.0. The molecule has 1 amide bonds. The van der Waals surface area contributed by atoms with Crippen LogP contribution >= 0.6 is 39.9 Å². The molecule has 33 heavy (non-hydrogen) atoms. The number of hydrogen-bond acceptors (Lipinski definition) is 5. The predicted octanol–water partition coefficient (Wildman–Crippen LogP) is 6.89. The van der Waals surface area contributed by atoms with Crippen LogP contribution in [-0.2, 0) is 11.4 Å². The summed E-state index contributed by atoms with van der Waals surface area (Å²) in [6.45, 7) is 2.15. The molecular formula is C25H19BrFNO3S2. The van der Waals surface area contributed by atoms with Crippen LogP contribution in [0, 0.1) is 12.7 Å². The molecule has 4 rings (SSSR count). The Kier molecular flexibility index (Phi) is 7.17. The van der Waals surface area contributed by atoms with Gasteiger partial charge >= 0.3 is 0 Å². The third kappa shape index (κ3) is 5.29. The molecule has 1 saturated heterocycles. The second kappa shape index (κ2) is 10.1. The monoisotopic (exact) mass is 543 g/mol. The average Bonchev–Trinajstić information content (AvgIpc) is 3.05. The third-order valence-electron chi connectivity index (χ3n) is 4.88. The first kappa shape index (κ1) is 23.5. The Balaban J connectivity index is 1.58. The first-order valence-corrected chi connectivity index (χ1v) is 12.0. The molecule has 1 heterocycles. The van der Waals surface area contributed by atoms with Crippen molar-refractivity contribution in [3.8, 4) is 11.5 Å². The maximum atomic E-state index is 13.4. The molecule has 0 atom stereocenters. The van der Waals surface area contributed by atoms with Crippen LogP contribution in [0.25, 0.3) is 6.08 Å². The van der Waals surface area contributed by atoms with Crippen molar-refractivity contribution in [1.29, 1.82) is 0 Å². The van der Waals surface area contributed by atoms with Gasteiger partial charge in [-0.2, -0.15) is 0 Å². The van der Waals surface area contributed by atoms with Crippen molar-refractivity contribution < 1.29 is 18.7 Å². The summed E-state index contributed by atoms with van der Waals surface area (Å²) in [5, 5.41) is 0. The van der Waals surface area contributed by atoms with Gasteiger partial charge in [0.15, 0.2) is 15.8 Å². The number of hydrogen-bond donors (Lipinski definition) is 0. The maximum absolute atomic E-state index is 13.4. The minimum absolute atomic E-state index is 0.169. The van der Waals surface area contributed by atoms with E-state index in [4.69, 9.17) is 21.7 Å². The molecule has 0 radical (unpaired) electrons. The molecule has 0 aromatic heterocycles. The lowest BCUT2D eigenvalue weighted by Crippen LogP contribution is -2.27. The molecule has 1 fully saturated rings. The van der Waals surface area contributed by atoms with Crippen molar-refractivity contribution in [2.24, 2.45) is 0 Å². The minimum atomic E-state index is -0.319. The molecule has 3 aromatic rings. The topological polar surface area (TPSA) is 38.8 Å². The lowest BCUT2D eigenvalue weighted by Gasteiger charge is -2.15. The number of aryl methyl sites for hydroxylation is 1. The van der Waals surface area contributed by atoms with E-state index in [1.54, 1.807) is 29.2 Å². The van der Waals surface area contributed by atoms with Gasteiger partial charge in [0, 0.05) is 0 Å². The van der Waals surface area contributed by atoms with Gasteiger partial charge in [-0.25, -0.2) is 4.39 Å². The number of carbonyl (C=O) groups is 1. The van der Waals surface area contributed by atoms with Crippen LogP contribution in [0.5, 0.6) is 11.5 Å². The summed E-state index contributed by atoms with van der Waals surface area (Å²) >= 11 is 10.2. The van der Waals surface area contributed by atoms with Gasteiger partial charge in [-0.05, 0) is 82.0 Å². The second-order valence-corrected chi connectivity index (χ2v) is 9.84. The first-order chi connectivity index (χ1) is 15.9. The van der Waals surface area contributed by atoms with Crippen LogP contribution < -0.4 is 14.4 Å². The molecule has 0 N–H and O–H groups in total. The van der Waals surface area contributed by atoms with Crippen molar-refractivity contribution in [2.45, 2.75) is 13.5 Å². The summed E-state index contributed by atoms with van der Waals surface area (Å²) in [6.07, 6.45) is 1.78. The highest BCUT2D eigenvalue weighted by Gasteiger charge is 2.33. The number of amides is 1. The number of ether oxygens (including phenoxy) is 2. The van der Waals surface area contributed by atoms with E-state index in [1.165, 1.54) is 31.0 Å². The van der Waals surface area contributed by atoms with E-state index in [1.807, 2.05) is 37.3 Å². The number of rotatable bonds is 6. The number of nitrogens with zero attached hydrogens (tertiary/aromatic N) is 1. The van der Waals surface area contributed by atoms with E-state index in [2.05, 4.69) is 15.9 Å². The van der Waals surface area contributed by atoms with E-state index in [0.717, 1.165) is 16.8 Å². The van der Waals surface area contributed by atoms with Gasteiger partial charge in [0.1, 0.15) is 12.4 Å².